The smallest absolute Gasteiger partial charge is 0.268 e. The number of β-amino-alcohol motifs (C(OH)–C–C–N with tert-alkyl or cyclic N) is 1. The van der Waals surface area contributed by atoms with Gasteiger partial charge in [0.05, 0.1) is 33.1 Å². The summed E-state index contributed by atoms with van der Waals surface area (Å²) in [5, 5.41) is 13.0. The zero-order valence-corrected chi connectivity index (χ0v) is 23.6. The molecule has 3 aromatic heterocycles. The van der Waals surface area contributed by atoms with Gasteiger partial charge in [-0.3, -0.25) is 19.8 Å². The van der Waals surface area contributed by atoms with Crippen molar-refractivity contribution in [1.29, 1.82) is 0 Å². The molecule has 10 nitrogen and oxygen atoms in total. The monoisotopic (exact) mass is 570 g/mol. The van der Waals surface area contributed by atoms with Gasteiger partial charge in [-0.05, 0) is 48.9 Å². The number of nitrogens with zero attached hydrogens (tertiary/aromatic N) is 5. The Morgan fingerprint density at radius 2 is 1.98 bits per heavy atom. The Morgan fingerprint density at radius 3 is 2.71 bits per heavy atom. The lowest BCUT2D eigenvalue weighted by molar-refractivity contribution is 0.0991. The van der Waals surface area contributed by atoms with E-state index in [9.17, 15) is 14.7 Å². The molecule has 0 radical (unpaired) electrons. The first-order chi connectivity index (χ1) is 19.9. The van der Waals surface area contributed by atoms with E-state index in [1.54, 1.807) is 43.3 Å². The van der Waals surface area contributed by atoms with E-state index >= 15 is 0 Å². The van der Waals surface area contributed by atoms with Crippen molar-refractivity contribution in [3.05, 3.63) is 83.2 Å². The molecule has 2 N–H and O–H groups in total. The molecule has 1 unspecified atom stereocenters. The number of hydrogen-bond donors (Lipinski definition) is 2. The number of carbonyl (C=O) groups excluding carboxylic acids is 2. The Balaban J connectivity index is 1.28. The van der Waals surface area contributed by atoms with Crippen molar-refractivity contribution in [2.45, 2.75) is 26.0 Å². The van der Waals surface area contributed by atoms with E-state index in [2.05, 4.69) is 15.2 Å². The van der Waals surface area contributed by atoms with Crippen LogP contribution in [0.4, 0.5) is 11.6 Å². The van der Waals surface area contributed by atoms with Gasteiger partial charge in [-0.2, -0.15) is 0 Å². The van der Waals surface area contributed by atoms with Crippen LogP contribution in [-0.2, 0) is 6.54 Å². The number of rotatable bonds is 8. The fourth-order valence-corrected chi connectivity index (χ4v) is 5.88. The number of imidazole rings is 1. The molecule has 0 spiro atoms. The quantitative estimate of drug-likeness (QED) is 0.279. The summed E-state index contributed by atoms with van der Waals surface area (Å²) in [6, 6.07) is 18.4. The van der Waals surface area contributed by atoms with Gasteiger partial charge in [-0.25, -0.2) is 9.97 Å². The van der Waals surface area contributed by atoms with Crippen LogP contribution in [0, 0.1) is 6.92 Å². The zero-order valence-electron chi connectivity index (χ0n) is 22.8. The second kappa shape index (κ2) is 11.3. The average Bonchev–Trinajstić information content (AvgIpc) is 3.78. The largest absolute Gasteiger partial charge is 0.440 e. The van der Waals surface area contributed by atoms with Crippen molar-refractivity contribution in [2.75, 3.05) is 36.9 Å². The van der Waals surface area contributed by atoms with Crippen molar-refractivity contribution in [3.63, 3.8) is 0 Å². The van der Waals surface area contributed by atoms with Gasteiger partial charge >= 0.3 is 0 Å². The Kier molecular flexibility index (Phi) is 7.39. The van der Waals surface area contributed by atoms with E-state index in [0.717, 1.165) is 23.4 Å². The highest BCUT2D eigenvalue weighted by molar-refractivity contribution is 7.17. The number of benzene rings is 2. The molecule has 5 aromatic rings. The van der Waals surface area contributed by atoms with Crippen LogP contribution in [0.5, 0.6) is 0 Å². The molecule has 1 fully saturated rings. The maximum absolute atomic E-state index is 13.3. The number of amides is 2. The maximum Gasteiger partial charge on any atom is 0.268 e. The highest BCUT2D eigenvalue weighted by Gasteiger charge is 2.23. The van der Waals surface area contributed by atoms with Gasteiger partial charge in [0, 0.05) is 51.4 Å². The van der Waals surface area contributed by atoms with Crippen LogP contribution in [-0.4, -0.2) is 69.1 Å². The van der Waals surface area contributed by atoms with E-state index in [0.29, 0.717) is 58.9 Å². The Labute approximate surface area is 240 Å². The molecule has 1 aliphatic heterocycles. The van der Waals surface area contributed by atoms with Crippen LogP contribution in [0.1, 0.15) is 32.3 Å². The number of thiophene rings is 1. The fourth-order valence-electron chi connectivity index (χ4n) is 5.03. The van der Waals surface area contributed by atoms with E-state index in [-0.39, 0.29) is 17.9 Å². The molecule has 1 saturated heterocycles. The Morgan fingerprint density at radius 1 is 1.15 bits per heavy atom. The zero-order chi connectivity index (χ0) is 28.5. The van der Waals surface area contributed by atoms with E-state index in [4.69, 9.17) is 9.40 Å². The molecular formula is C30H30N6O4S. The molecule has 41 heavy (non-hydrogen) atoms. The van der Waals surface area contributed by atoms with E-state index in [1.807, 2.05) is 47.0 Å². The molecule has 0 bridgehead atoms. The molecule has 0 saturated carbocycles. The molecule has 11 heteroatoms. The molecular weight excluding hydrogens is 540 g/mol. The third-order valence-corrected chi connectivity index (χ3v) is 8.35. The summed E-state index contributed by atoms with van der Waals surface area (Å²) in [5.41, 5.74) is 2.79. The first kappa shape index (κ1) is 26.9. The molecule has 4 heterocycles. The Hall–Kier alpha value is -4.32. The molecule has 1 atom stereocenters. The molecule has 1 aliphatic rings. The predicted molar refractivity (Wildman–Crippen MR) is 158 cm³/mol. The maximum atomic E-state index is 13.3. The van der Waals surface area contributed by atoms with E-state index < -0.39 is 0 Å². The van der Waals surface area contributed by atoms with Gasteiger partial charge in [0.25, 0.3) is 11.8 Å². The molecule has 0 aliphatic carbocycles. The predicted octanol–water partition coefficient (Wildman–Crippen LogP) is 4.66. The van der Waals surface area contributed by atoms with Crippen molar-refractivity contribution >= 4 is 45.8 Å². The first-order valence-electron chi connectivity index (χ1n) is 13.4. The van der Waals surface area contributed by atoms with Gasteiger partial charge in [0.15, 0.2) is 11.7 Å². The second-order valence-corrected chi connectivity index (χ2v) is 11.2. The summed E-state index contributed by atoms with van der Waals surface area (Å²) in [5.74, 6) is 1.20. The molecule has 210 valence electrons. The third kappa shape index (κ3) is 5.64. The van der Waals surface area contributed by atoms with Gasteiger partial charge in [-0.15, -0.1) is 11.3 Å². The summed E-state index contributed by atoms with van der Waals surface area (Å²) in [6.07, 6.45) is 2.09. The number of fused-ring (bicyclic) bond motifs is 1. The number of aliphatic hydroxyl groups is 1. The van der Waals surface area contributed by atoms with Crippen LogP contribution >= 0.6 is 11.3 Å². The molecule has 2 amide bonds. The van der Waals surface area contributed by atoms with Crippen LogP contribution in [0.15, 0.2) is 71.3 Å². The number of nitrogens with one attached hydrogen (secondary N) is 1. The van der Waals surface area contributed by atoms with Crippen LogP contribution in [0.3, 0.4) is 0 Å². The van der Waals surface area contributed by atoms with Crippen molar-refractivity contribution < 1.29 is 19.1 Å². The SMILES string of the molecule is Cc1ncc(-c2ccc(C(=O)Nc3nc4cc(N(C)C(=O)c5ccccc5)ccc4n3CCN3CCC(O)C3)s2)o1. The number of carbonyl (C=O) groups is 2. The normalized spacial score (nSPS) is 15.4. The standard InChI is InChI=1S/C30H30N6O4S/c1-19-31-17-25(40-19)26-10-11-27(41-26)28(38)33-30-32-23-16-21(34(2)29(39)20-6-4-3-5-7-20)8-9-24(23)36(30)15-14-35-13-12-22(37)18-35/h3-11,16-17,22,37H,12-15,18H2,1-2H3,(H,32,33,38). The van der Waals surface area contributed by atoms with E-state index in [1.165, 1.54) is 11.3 Å². The lowest BCUT2D eigenvalue weighted by Gasteiger charge is -2.18. The summed E-state index contributed by atoms with van der Waals surface area (Å²) < 4.78 is 7.59. The van der Waals surface area contributed by atoms with Gasteiger partial charge < -0.3 is 19.0 Å². The second-order valence-electron chi connectivity index (χ2n) is 10.1. The van der Waals surface area contributed by atoms with Crippen molar-refractivity contribution in [1.82, 2.24) is 19.4 Å². The van der Waals surface area contributed by atoms with Crippen molar-refractivity contribution in [2.24, 2.45) is 0 Å². The minimum Gasteiger partial charge on any atom is -0.440 e. The molecule has 6 rings (SSSR count). The summed E-state index contributed by atoms with van der Waals surface area (Å²) >= 11 is 1.32. The third-order valence-electron chi connectivity index (χ3n) is 7.25. The number of likely N-dealkylation sites (tertiary alicyclic amines) is 1. The van der Waals surface area contributed by atoms with Gasteiger partial charge in [0.1, 0.15) is 0 Å². The van der Waals surface area contributed by atoms with Gasteiger partial charge in [0.2, 0.25) is 5.95 Å². The number of aryl methyl sites for hydroxylation is 1. The number of hydrogen-bond acceptors (Lipinski definition) is 8. The number of oxazole rings is 1. The lowest BCUT2D eigenvalue weighted by atomic mass is 10.2. The average molecular weight is 571 g/mol. The first-order valence-corrected chi connectivity index (χ1v) is 14.2. The Bertz CT molecular complexity index is 1710. The number of aliphatic hydroxyl groups excluding tert-OH is 1. The minimum absolute atomic E-state index is 0.124. The number of anilines is 2. The highest BCUT2D eigenvalue weighted by Crippen LogP contribution is 2.30. The van der Waals surface area contributed by atoms with Crippen LogP contribution in [0.2, 0.25) is 0 Å². The topological polar surface area (TPSA) is 117 Å². The summed E-state index contributed by atoms with van der Waals surface area (Å²) in [7, 11) is 1.74. The summed E-state index contributed by atoms with van der Waals surface area (Å²) in [4.78, 5) is 40.4. The highest BCUT2D eigenvalue weighted by atomic mass is 32.1. The number of aromatic nitrogens is 3. The van der Waals surface area contributed by atoms with Crippen molar-refractivity contribution in [3.8, 4) is 10.6 Å². The van der Waals surface area contributed by atoms with Crippen LogP contribution in [0.25, 0.3) is 21.7 Å². The molecule has 2 aromatic carbocycles. The lowest BCUT2D eigenvalue weighted by Crippen LogP contribution is -2.27. The summed E-state index contributed by atoms with van der Waals surface area (Å²) in [6.45, 7) is 4.51. The fraction of sp³-hybridized carbons (Fsp3) is 0.267. The minimum atomic E-state index is -0.310. The van der Waals surface area contributed by atoms with Crippen LogP contribution < -0.4 is 10.2 Å². The van der Waals surface area contributed by atoms with Gasteiger partial charge in [-0.1, -0.05) is 18.2 Å².